The number of carbonyl (C=O) groups is 1. The van der Waals surface area contributed by atoms with Crippen molar-refractivity contribution in [3.63, 3.8) is 0 Å². The lowest BCUT2D eigenvalue weighted by Gasteiger charge is -2.14. The van der Waals surface area contributed by atoms with E-state index in [4.69, 9.17) is 12.2 Å². The van der Waals surface area contributed by atoms with E-state index in [0.29, 0.717) is 21.5 Å². The van der Waals surface area contributed by atoms with Gasteiger partial charge in [-0.25, -0.2) is 4.39 Å². The minimum atomic E-state index is -0.405. The summed E-state index contributed by atoms with van der Waals surface area (Å²) in [5, 5.41) is 3.49. The Morgan fingerprint density at radius 3 is 2.54 bits per heavy atom. The number of fused-ring (bicyclic) bond motifs is 2. The van der Waals surface area contributed by atoms with Gasteiger partial charge in [0, 0.05) is 29.2 Å². The molecule has 0 unspecified atom stereocenters. The van der Waals surface area contributed by atoms with Crippen LogP contribution in [0.5, 0.6) is 0 Å². The molecule has 6 heteroatoms. The molecule has 0 atom stereocenters. The molecule has 0 saturated carbocycles. The molecule has 1 aliphatic rings. The number of hydrogen-bond acceptors (Lipinski definition) is 3. The summed E-state index contributed by atoms with van der Waals surface area (Å²) in [6.07, 6.45) is 3.96. The first-order valence-electron chi connectivity index (χ1n) is 11.2. The van der Waals surface area contributed by atoms with Crippen LogP contribution < -0.4 is 4.90 Å². The smallest absolute Gasteiger partial charge is 0.270 e. The van der Waals surface area contributed by atoms with E-state index in [1.807, 2.05) is 24.3 Å². The molecule has 170 valence electrons. The van der Waals surface area contributed by atoms with E-state index >= 15 is 0 Å². The first kappa shape index (κ1) is 21.8. The van der Waals surface area contributed by atoms with E-state index in [-0.39, 0.29) is 5.91 Å². The molecule has 1 saturated heterocycles. The summed E-state index contributed by atoms with van der Waals surface area (Å²) in [7, 11) is 0. The molecule has 6 rings (SSSR count). The summed E-state index contributed by atoms with van der Waals surface area (Å²) < 4.78 is 16.4. The van der Waals surface area contributed by atoms with Crippen LogP contribution in [0.4, 0.5) is 10.1 Å². The van der Waals surface area contributed by atoms with E-state index in [1.54, 1.807) is 12.1 Å². The maximum Gasteiger partial charge on any atom is 0.270 e. The fourth-order valence-corrected chi connectivity index (χ4v) is 5.79. The fourth-order valence-electron chi connectivity index (χ4n) is 4.50. The third-order valence-corrected chi connectivity index (χ3v) is 7.44. The lowest BCUT2D eigenvalue weighted by Crippen LogP contribution is -2.27. The highest BCUT2D eigenvalue weighted by atomic mass is 32.2. The van der Waals surface area contributed by atoms with Crippen molar-refractivity contribution in [3.05, 3.63) is 119 Å². The van der Waals surface area contributed by atoms with Gasteiger partial charge in [-0.2, -0.15) is 0 Å². The highest BCUT2D eigenvalue weighted by molar-refractivity contribution is 8.27. The number of halogens is 1. The molecule has 1 amide bonds. The standard InChI is InChI=1S/C29H19FN2OS2/c30-23-8-5-9-24(16-23)32-28(33)27(35-29(32)34)15-22-18-31(26-11-4-3-10-25(22)26)17-19-12-13-20-6-1-2-7-21(20)14-19/h1-16,18H,17H2/b27-15+. The van der Waals surface area contributed by atoms with Gasteiger partial charge in [0.1, 0.15) is 5.82 Å². The lowest BCUT2D eigenvalue weighted by atomic mass is 10.1. The lowest BCUT2D eigenvalue weighted by molar-refractivity contribution is -0.113. The van der Waals surface area contributed by atoms with Crippen LogP contribution in [0.3, 0.4) is 0 Å². The van der Waals surface area contributed by atoms with Crippen molar-refractivity contribution in [2.24, 2.45) is 0 Å². The van der Waals surface area contributed by atoms with Crippen molar-refractivity contribution in [1.29, 1.82) is 0 Å². The second kappa shape index (κ2) is 8.80. The van der Waals surface area contributed by atoms with Gasteiger partial charge in [0.15, 0.2) is 4.32 Å². The zero-order valence-electron chi connectivity index (χ0n) is 18.5. The number of para-hydroxylation sites is 1. The van der Waals surface area contributed by atoms with E-state index in [9.17, 15) is 9.18 Å². The van der Waals surface area contributed by atoms with Crippen molar-refractivity contribution < 1.29 is 9.18 Å². The fraction of sp³-hybridized carbons (Fsp3) is 0.0345. The maximum absolute atomic E-state index is 13.8. The van der Waals surface area contributed by atoms with Crippen LogP contribution in [0.25, 0.3) is 27.8 Å². The molecule has 0 spiro atoms. The number of thiocarbonyl (C=S) groups is 1. The molecule has 2 heterocycles. The molecule has 0 bridgehead atoms. The summed E-state index contributed by atoms with van der Waals surface area (Å²) in [5.41, 5.74) is 3.68. The summed E-state index contributed by atoms with van der Waals surface area (Å²) in [6.45, 7) is 0.712. The Labute approximate surface area is 211 Å². The molecule has 1 aliphatic heterocycles. The van der Waals surface area contributed by atoms with Gasteiger partial charge >= 0.3 is 0 Å². The normalized spacial score (nSPS) is 15.1. The molecule has 3 nitrogen and oxygen atoms in total. The number of amides is 1. The second-order valence-corrected chi connectivity index (χ2v) is 10.1. The van der Waals surface area contributed by atoms with Gasteiger partial charge in [-0.3, -0.25) is 9.69 Å². The van der Waals surface area contributed by atoms with Gasteiger partial charge in [0.05, 0.1) is 10.6 Å². The van der Waals surface area contributed by atoms with Gasteiger partial charge in [-0.1, -0.05) is 84.6 Å². The molecule has 5 aromatic rings. The maximum atomic E-state index is 13.8. The van der Waals surface area contributed by atoms with Crippen LogP contribution >= 0.6 is 24.0 Å². The van der Waals surface area contributed by atoms with Crippen molar-refractivity contribution in [2.45, 2.75) is 6.54 Å². The second-order valence-electron chi connectivity index (χ2n) is 8.41. The van der Waals surface area contributed by atoms with Crippen LogP contribution in [0.15, 0.2) is 102 Å². The van der Waals surface area contributed by atoms with Gasteiger partial charge in [0.25, 0.3) is 5.91 Å². The summed E-state index contributed by atoms with van der Waals surface area (Å²) in [6, 6.07) is 29.0. The van der Waals surface area contributed by atoms with Crippen molar-refractivity contribution in [1.82, 2.24) is 4.57 Å². The van der Waals surface area contributed by atoms with E-state index < -0.39 is 5.82 Å². The zero-order valence-corrected chi connectivity index (χ0v) is 20.2. The first-order chi connectivity index (χ1) is 17.1. The summed E-state index contributed by atoms with van der Waals surface area (Å²) in [4.78, 5) is 15.1. The third kappa shape index (κ3) is 4.05. The summed E-state index contributed by atoms with van der Waals surface area (Å²) >= 11 is 6.70. The number of hydrogen-bond donors (Lipinski definition) is 0. The monoisotopic (exact) mass is 494 g/mol. The van der Waals surface area contributed by atoms with Crippen LogP contribution in [0.2, 0.25) is 0 Å². The molecular formula is C29H19FN2OS2. The highest BCUT2D eigenvalue weighted by Gasteiger charge is 2.33. The Kier molecular flexibility index (Phi) is 5.47. The first-order valence-corrected chi connectivity index (χ1v) is 12.4. The molecule has 0 radical (unpaired) electrons. The van der Waals surface area contributed by atoms with Gasteiger partial charge in [-0.15, -0.1) is 0 Å². The topological polar surface area (TPSA) is 25.2 Å². The Morgan fingerprint density at radius 1 is 0.886 bits per heavy atom. The Hall–Kier alpha value is -3.74. The Bertz CT molecular complexity index is 1670. The van der Waals surface area contributed by atoms with Gasteiger partial charge < -0.3 is 4.57 Å². The van der Waals surface area contributed by atoms with Crippen LogP contribution in [-0.2, 0) is 11.3 Å². The predicted molar refractivity (Wildman–Crippen MR) is 147 cm³/mol. The average Bonchev–Trinajstić information content (AvgIpc) is 3.35. The van der Waals surface area contributed by atoms with Crippen molar-refractivity contribution in [2.75, 3.05) is 4.90 Å². The minimum Gasteiger partial charge on any atom is -0.342 e. The van der Waals surface area contributed by atoms with E-state index in [1.165, 1.54) is 45.1 Å². The number of aromatic nitrogens is 1. The highest BCUT2D eigenvalue weighted by Crippen LogP contribution is 2.37. The molecule has 0 aliphatic carbocycles. The van der Waals surface area contributed by atoms with Gasteiger partial charge in [-0.05, 0) is 52.7 Å². The number of carbonyl (C=O) groups excluding carboxylic acids is 1. The average molecular weight is 495 g/mol. The van der Waals surface area contributed by atoms with E-state index in [0.717, 1.165) is 16.5 Å². The Balaban J connectivity index is 1.37. The molecular weight excluding hydrogens is 475 g/mol. The number of rotatable bonds is 4. The molecule has 1 aromatic heterocycles. The largest absolute Gasteiger partial charge is 0.342 e. The number of thioether (sulfide) groups is 1. The number of anilines is 1. The van der Waals surface area contributed by atoms with Crippen molar-refractivity contribution >= 4 is 67.6 Å². The van der Waals surface area contributed by atoms with Gasteiger partial charge in [0.2, 0.25) is 0 Å². The van der Waals surface area contributed by atoms with Crippen LogP contribution in [0.1, 0.15) is 11.1 Å². The minimum absolute atomic E-state index is 0.239. The third-order valence-electron chi connectivity index (χ3n) is 6.13. The SMILES string of the molecule is O=C1/C(=C\c2cn(Cc3ccc4ccccc4c3)c3ccccc23)SC(=S)N1c1cccc(F)c1. The predicted octanol–water partition coefficient (Wildman–Crippen LogP) is 7.39. The van der Waals surface area contributed by atoms with Crippen molar-refractivity contribution in [3.8, 4) is 0 Å². The number of nitrogens with zero attached hydrogens (tertiary/aromatic N) is 2. The van der Waals surface area contributed by atoms with E-state index in [2.05, 4.69) is 59.3 Å². The molecule has 1 fully saturated rings. The van der Waals surface area contributed by atoms with Crippen LogP contribution in [0, 0.1) is 5.82 Å². The molecule has 0 N–H and O–H groups in total. The molecule has 4 aromatic carbocycles. The Morgan fingerprint density at radius 2 is 1.69 bits per heavy atom. The number of benzene rings is 4. The zero-order chi connectivity index (χ0) is 23.9. The summed E-state index contributed by atoms with van der Waals surface area (Å²) in [5.74, 6) is -0.644. The quantitative estimate of drug-likeness (QED) is 0.192. The molecule has 35 heavy (non-hydrogen) atoms. The van der Waals surface area contributed by atoms with Crippen LogP contribution in [-0.4, -0.2) is 14.8 Å².